The third-order valence-corrected chi connectivity index (χ3v) is 10.1. The van der Waals surface area contributed by atoms with E-state index in [1.807, 2.05) is 34.6 Å². The number of hydrogen-bond acceptors (Lipinski definition) is 9. The molecule has 2 amide bonds. The van der Waals surface area contributed by atoms with Crippen molar-refractivity contribution < 1.29 is 33.6 Å². The number of carbonyl (C=O) groups is 7. The van der Waals surface area contributed by atoms with Gasteiger partial charge in [0.15, 0.2) is 11.6 Å². The van der Waals surface area contributed by atoms with Gasteiger partial charge in [0.05, 0.1) is 6.04 Å². The van der Waals surface area contributed by atoms with Crippen LogP contribution in [0.4, 0.5) is 0 Å². The van der Waals surface area contributed by atoms with Gasteiger partial charge in [-0.2, -0.15) is 5.53 Å². The number of unbranched alkanes of at least 4 members (excludes halogenated alkanes) is 1. The average molecular weight is 687 g/mol. The Kier molecular flexibility index (Phi) is 17.1. The molecule has 4 N–H and O–H groups in total. The molecule has 1 aliphatic carbocycles. The van der Waals surface area contributed by atoms with Crippen LogP contribution in [0.3, 0.4) is 0 Å². The van der Waals surface area contributed by atoms with Crippen molar-refractivity contribution in [2.45, 2.75) is 137 Å². The Morgan fingerprint density at radius 2 is 1.59 bits per heavy atom. The second kappa shape index (κ2) is 20.1. The summed E-state index contributed by atoms with van der Waals surface area (Å²) in [5.74, 6) is -4.10. The zero-order valence-corrected chi connectivity index (χ0v) is 30.3. The van der Waals surface area contributed by atoms with Crippen molar-refractivity contribution in [3.05, 3.63) is 0 Å². The monoisotopic (exact) mass is 686 g/mol. The number of amides is 2. The van der Waals surface area contributed by atoms with Crippen molar-refractivity contribution in [3.8, 4) is 0 Å². The molecule has 2 rings (SSSR count). The Morgan fingerprint density at radius 1 is 0.918 bits per heavy atom. The van der Waals surface area contributed by atoms with Crippen LogP contribution in [0.25, 0.3) is 0 Å². The predicted octanol–water partition coefficient (Wildman–Crippen LogP) is 4.73. The number of nitrogens with two attached hydrogens (primary N) is 1. The normalized spacial score (nSPS) is 20.9. The summed E-state index contributed by atoms with van der Waals surface area (Å²) in [5, 5.41) is 9.29. The van der Waals surface area contributed by atoms with Crippen molar-refractivity contribution >= 4 is 46.6 Å². The van der Waals surface area contributed by atoms with Gasteiger partial charge >= 0.3 is 0 Å². The lowest BCUT2D eigenvalue weighted by molar-refractivity contribution is -0.145. The molecular weight excluding hydrogens is 628 g/mol. The summed E-state index contributed by atoms with van der Waals surface area (Å²) >= 11 is 0. The molecule has 0 radical (unpaired) electrons. The SMILES string of the molecule is CCCC(CC(=O)[C@@H]1[C@H]2CCC[C@H]2CN1C(=O)[C@@H](NC(=O)[C@H](CC(=O)CCCCC(N)=NN=N)C(C)C)C(C)C)C(=O)C(=O)CCC(C)=O. The van der Waals surface area contributed by atoms with Gasteiger partial charge in [0, 0.05) is 56.9 Å². The van der Waals surface area contributed by atoms with E-state index < -0.39 is 35.5 Å². The maximum Gasteiger partial charge on any atom is 0.246 e. The summed E-state index contributed by atoms with van der Waals surface area (Å²) < 4.78 is 0. The summed E-state index contributed by atoms with van der Waals surface area (Å²) in [4.78, 5) is 93.5. The van der Waals surface area contributed by atoms with E-state index in [4.69, 9.17) is 11.3 Å². The number of likely N-dealkylation sites (tertiary alicyclic amines) is 1. The molecule has 0 spiro atoms. The molecule has 2 fully saturated rings. The van der Waals surface area contributed by atoms with E-state index in [2.05, 4.69) is 15.6 Å². The average Bonchev–Trinajstić information content (AvgIpc) is 3.64. The molecule has 0 aromatic rings. The van der Waals surface area contributed by atoms with Gasteiger partial charge in [0.2, 0.25) is 17.6 Å². The maximum atomic E-state index is 14.3. The van der Waals surface area contributed by atoms with Crippen LogP contribution in [0.1, 0.15) is 125 Å². The first-order valence-corrected chi connectivity index (χ1v) is 18.0. The van der Waals surface area contributed by atoms with Gasteiger partial charge in [-0.05, 0) is 62.7 Å². The van der Waals surface area contributed by atoms with Crippen LogP contribution in [0.5, 0.6) is 0 Å². The number of fused-ring (bicyclic) bond motifs is 1. The zero-order chi connectivity index (χ0) is 36.8. The summed E-state index contributed by atoms with van der Waals surface area (Å²) in [6.45, 7) is 11.0. The van der Waals surface area contributed by atoms with Crippen molar-refractivity contribution in [2.75, 3.05) is 6.54 Å². The van der Waals surface area contributed by atoms with Crippen molar-refractivity contribution in [1.29, 1.82) is 5.53 Å². The molecule has 1 unspecified atom stereocenters. The van der Waals surface area contributed by atoms with Crippen LogP contribution in [-0.2, 0) is 33.6 Å². The molecule has 274 valence electrons. The molecule has 0 aromatic heterocycles. The summed E-state index contributed by atoms with van der Waals surface area (Å²) in [5.41, 5.74) is 12.4. The molecule has 49 heavy (non-hydrogen) atoms. The summed E-state index contributed by atoms with van der Waals surface area (Å²) in [6, 6.07) is -1.65. The Bertz CT molecular complexity index is 1260. The molecule has 1 saturated carbocycles. The first-order chi connectivity index (χ1) is 23.1. The first kappa shape index (κ1) is 41.5. The van der Waals surface area contributed by atoms with Crippen LogP contribution in [0, 0.1) is 41.0 Å². The Morgan fingerprint density at radius 3 is 2.18 bits per heavy atom. The van der Waals surface area contributed by atoms with Gasteiger partial charge in [-0.3, -0.25) is 28.8 Å². The topological polar surface area (TPSA) is 209 Å². The molecule has 1 saturated heterocycles. The van der Waals surface area contributed by atoms with Gasteiger partial charge in [-0.15, -0.1) is 5.10 Å². The van der Waals surface area contributed by atoms with Gasteiger partial charge in [0.25, 0.3) is 0 Å². The maximum absolute atomic E-state index is 14.3. The molecular formula is C36H58N6O7. The number of amidine groups is 1. The van der Waals surface area contributed by atoms with Crippen LogP contribution in [0.15, 0.2) is 10.3 Å². The van der Waals surface area contributed by atoms with Crippen LogP contribution in [-0.4, -0.2) is 70.1 Å². The highest BCUT2D eigenvalue weighted by atomic mass is 16.2. The van der Waals surface area contributed by atoms with E-state index in [-0.39, 0.29) is 90.8 Å². The Hall–Kier alpha value is -3.64. The molecule has 13 heteroatoms. The van der Waals surface area contributed by atoms with Gasteiger partial charge < -0.3 is 20.7 Å². The van der Waals surface area contributed by atoms with E-state index in [0.717, 1.165) is 19.3 Å². The van der Waals surface area contributed by atoms with E-state index in [1.165, 1.54) is 6.92 Å². The second-order valence-electron chi connectivity index (χ2n) is 14.7. The molecule has 1 heterocycles. The minimum absolute atomic E-state index is 0.0174. The van der Waals surface area contributed by atoms with Crippen LogP contribution < -0.4 is 11.1 Å². The highest BCUT2D eigenvalue weighted by Crippen LogP contribution is 2.43. The van der Waals surface area contributed by atoms with Crippen molar-refractivity contribution in [3.63, 3.8) is 0 Å². The standard InChI is InChI=1S/C36H58N6O7/c1-7-11-24(34(47)29(45)17-16-23(6)43)18-30(46)33-27-14-10-12-25(27)20-42(33)36(49)32(22(4)5)39-35(48)28(21(2)3)19-26(44)13-8-9-15-31(37)40-41-38/h21-22,24-25,27-28,32-33H,7-20H2,1-6H3,(H,39,48)(H3,37,38,40)/t24?,25-,27-,28+,32-,33-/m0/s1. The van der Waals surface area contributed by atoms with E-state index in [0.29, 0.717) is 38.6 Å². The predicted molar refractivity (Wildman–Crippen MR) is 184 cm³/mol. The van der Waals surface area contributed by atoms with Crippen LogP contribution in [0.2, 0.25) is 0 Å². The van der Waals surface area contributed by atoms with E-state index in [9.17, 15) is 33.6 Å². The number of nitrogens with one attached hydrogen (secondary N) is 2. The highest BCUT2D eigenvalue weighted by Gasteiger charge is 2.51. The highest BCUT2D eigenvalue weighted by molar-refractivity contribution is 6.38. The number of Topliss-reactive ketones (excluding diaryl/α,β-unsaturated/α-hetero) is 5. The van der Waals surface area contributed by atoms with Crippen LogP contribution >= 0.6 is 0 Å². The van der Waals surface area contributed by atoms with Crippen molar-refractivity contribution in [1.82, 2.24) is 10.2 Å². The molecule has 13 nitrogen and oxygen atoms in total. The number of rotatable bonds is 23. The zero-order valence-electron chi connectivity index (χ0n) is 30.3. The smallest absolute Gasteiger partial charge is 0.246 e. The van der Waals surface area contributed by atoms with Gasteiger partial charge in [0.1, 0.15) is 23.4 Å². The first-order valence-electron chi connectivity index (χ1n) is 18.0. The number of hydrogen-bond donors (Lipinski definition) is 3. The molecule has 2 aliphatic rings. The fourth-order valence-electron chi connectivity index (χ4n) is 7.30. The van der Waals surface area contributed by atoms with E-state index >= 15 is 0 Å². The minimum Gasteiger partial charge on any atom is -0.386 e. The Balaban J connectivity index is 2.19. The molecule has 0 bridgehead atoms. The summed E-state index contributed by atoms with van der Waals surface area (Å²) in [7, 11) is 0. The molecule has 0 aromatic carbocycles. The molecule has 6 atom stereocenters. The van der Waals surface area contributed by atoms with Crippen molar-refractivity contribution in [2.24, 2.45) is 51.6 Å². The Labute approximate surface area is 290 Å². The fourth-order valence-corrected chi connectivity index (χ4v) is 7.30. The van der Waals surface area contributed by atoms with Gasteiger partial charge in [-0.25, -0.2) is 0 Å². The summed E-state index contributed by atoms with van der Waals surface area (Å²) in [6.07, 6.45) is 5.08. The quantitative estimate of drug-likeness (QED) is 0.0341. The largest absolute Gasteiger partial charge is 0.386 e. The third-order valence-electron chi connectivity index (χ3n) is 10.1. The lowest BCUT2D eigenvalue weighted by atomic mass is 9.84. The number of ketones is 5. The number of carbonyl (C=O) groups excluding carboxylic acids is 7. The second-order valence-corrected chi connectivity index (χ2v) is 14.7. The van der Waals surface area contributed by atoms with Gasteiger partial charge in [-0.1, -0.05) is 52.7 Å². The van der Waals surface area contributed by atoms with E-state index in [1.54, 1.807) is 4.90 Å². The minimum atomic E-state index is -0.913. The lowest BCUT2D eigenvalue weighted by Crippen LogP contribution is -2.56. The third kappa shape index (κ3) is 12.3. The lowest BCUT2D eigenvalue weighted by Gasteiger charge is -2.33. The molecule has 1 aliphatic heterocycles. The number of nitrogens with zero attached hydrogens (tertiary/aromatic N) is 3. The fraction of sp³-hybridized carbons (Fsp3) is 0.778.